The van der Waals surface area contributed by atoms with Gasteiger partial charge in [-0.3, -0.25) is 9.48 Å². The summed E-state index contributed by atoms with van der Waals surface area (Å²) in [5.74, 6) is -0.524. The largest absolute Gasteiger partial charge is 0.364 e. The van der Waals surface area contributed by atoms with Gasteiger partial charge in [-0.15, -0.1) is 0 Å². The molecule has 0 saturated heterocycles. The van der Waals surface area contributed by atoms with Crippen LogP contribution in [0.4, 0.5) is 0 Å². The van der Waals surface area contributed by atoms with Gasteiger partial charge in [-0.1, -0.05) is 24.3 Å². The van der Waals surface area contributed by atoms with E-state index in [2.05, 4.69) is 63.4 Å². The normalized spacial score (nSPS) is 11.3. The highest BCUT2D eigenvalue weighted by Crippen LogP contribution is 2.23. The van der Waals surface area contributed by atoms with E-state index in [1.165, 1.54) is 5.56 Å². The van der Waals surface area contributed by atoms with E-state index in [9.17, 15) is 4.79 Å². The molecule has 0 atom stereocenters. The summed E-state index contributed by atoms with van der Waals surface area (Å²) in [5, 5.41) is 9.67. The second kappa shape index (κ2) is 7.28. The van der Waals surface area contributed by atoms with E-state index in [1.54, 1.807) is 10.7 Å². The van der Waals surface area contributed by atoms with Crippen LogP contribution in [0.1, 0.15) is 21.7 Å². The summed E-state index contributed by atoms with van der Waals surface area (Å²) in [6.45, 7) is 2.69. The van der Waals surface area contributed by atoms with E-state index in [-0.39, 0.29) is 5.69 Å². The first-order chi connectivity index (χ1) is 15.0. The molecule has 2 N–H and O–H groups in total. The smallest absolute Gasteiger partial charge is 0.269 e. The molecule has 7 nitrogen and oxygen atoms in total. The molecule has 154 valence electrons. The number of aromatic nitrogens is 5. The second-order valence-corrected chi connectivity index (χ2v) is 7.73. The number of benzene rings is 2. The van der Waals surface area contributed by atoms with Crippen molar-refractivity contribution in [1.82, 2.24) is 24.1 Å². The molecule has 3 aromatic heterocycles. The van der Waals surface area contributed by atoms with Gasteiger partial charge in [0.1, 0.15) is 0 Å². The van der Waals surface area contributed by atoms with Crippen molar-refractivity contribution in [2.24, 2.45) is 12.8 Å². The highest BCUT2D eigenvalue weighted by molar-refractivity contribution is 5.91. The summed E-state index contributed by atoms with van der Waals surface area (Å²) in [6.07, 6.45) is 5.98. The van der Waals surface area contributed by atoms with Crippen LogP contribution in [0.15, 0.2) is 73.2 Å². The molecule has 0 unspecified atom stereocenters. The molecule has 1 amide bonds. The van der Waals surface area contributed by atoms with Gasteiger partial charge in [-0.2, -0.15) is 10.2 Å². The van der Waals surface area contributed by atoms with Crippen LogP contribution in [0, 0.1) is 6.92 Å². The molecular weight excluding hydrogens is 388 g/mol. The molecule has 0 saturated carbocycles. The first-order valence-electron chi connectivity index (χ1n) is 10.0. The molecule has 0 fully saturated rings. The highest BCUT2D eigenvalue weighted by Gasteiger charge is 2.11. The first-order valence-corrected chi connectivity index (χ1v) is 10.0. The number of carbonyl (C=O) groups is 1. The molecule has 3 heterocycles. The zero-order chi connectivity index (χ0) is 21.5. The van der Waals surface area contributed by atoms with Gasteiger partial charge in [0.25, 0.3) is 5.91 Å². The predicted octanol–water partition coefficient (Wildman–Crippen LogP) is 3.68. The Morgan fingerprint density at radius 2 is 1.84 bits per heavy atom. The maximum absolute atomic E-state index is 11.4. The van der Waals surface area contributed by atoms with E-state index < -0.39 is 5.91 Å². The lowest BCUT2D eigenvalue weighted by molar-refractivity contribution is 0.0995. The number of primary amides is 1. The van der Waals surface area contributed by atoms with Gasteiger partial charge in [0.2, 0.25) is 0 Å². The van der Waals surface area contributed by atoms with Gasteiger partial charge >= 0.3 is 0 Å². The third kappa shape index (κ3) is 3.50. The van der Waals surface area contributed by atoms with Crippen LogP contribution in [0.2, 0.25) is 0 Å². The summed E-state index contributed by atoms with van der Waals surface area (Å²) in [7, 11) is 1.92. The average molecular weight is 410 g/mol. The van der Waals surface area contributed by atoms with Crippen LogP contribution in [0.25, 0.3) is 27.7 Å². The van der Waals surface area contributed by atoms with Crippen molar-refractivity contribution < 1.29 is 4.79 Å². The fraction of sp³-hybridized carbons (Fsp3) is 0.125. The van der Waals surface area contributed by atoms with E-state index >= 15 is 0 Å². The quantitative estimate of drug-likeness (QED) is 0.480. The summed E-state index contributed by atoms with van der Waals surface area (Å²) >= 11 is 0. The number of nitrogens with two attached hydrogens (primary N) is 1. The Hall–Kier alpha value is -4.13. The number of hydrogen-bond donors (Lipinski definition) is 1. The molecule has 2 aromatic carbocycles. The van der Waals surface area contributed by atoms with Crippen LogP contribution >= 0.6 is 0 Å². The van der Waals surface area contributed by atoms with Crippen LogP contribution in [0.3, 0.4) is 0 Å². The predicted molar refractivity (Wildman–Crippen MR) is 120 cm³/mol. The lowest BCUT2D eigenvalue weighted by Gasteiger charge is -2.08. The van der Waals surface area contributed by atoms with E-state index in [4.69, 9.17) is 5.73 Å². The molecule has 5 aromatic rings. The summed E-state index contributed by atoms with van der Waals surface area (Å²) in [4.78, 5) is 11.4. The maximum Gasteiger partial charge on any atom is 0.269 e. The molecular formula is C24H22N6O. The van der Waals surface area contributed by atoms with Gasteiger partial charge in [0.15, 0.2) is 5.69 Å². The number of aryl methyl sites for hydroxylation is 2. The van der Waals surface area contributed by atoms with Gasteiger partial charge in [0, 0.05) is 48.1 Å². The van der Waals surface area contributed by atoms with Crippen molar-refractivity contribution in [1.29, 1.82) is 0 Å². The van der Waals surface area contributed by atoms with Crippen LogP contribution in [-0.2, 0) is 13.6 Å². The zero-order valence-corrected chi connectivity index (χ0v) is 17.4. The van der Waals surface area contributed by atoms with Crippen molar-refractivity contribution in [3.8, 4) is 16.8 Å². The molecule has 7 heteroatoms. The number of amides is 1. The lowest BCUT2D eigenvalue weighted by atomic mass is 10.1. The molecule has 0 aliphatic rings. The molecule has 0 aliphatic carbocycles. The Morgan fingerprint density at radius 1 is 1.03 bits per heavy atom. The Bertz CT molecular complexity index is 1400. The number of nitrogens with zero attached hydrogens (tertiary/aromatic N) is 5. The van der Waals surface area contributed by atoms with Gasteiger partial charge in [-0.05, 0) is 48.4 Å². The van der Waals surface area contributed by atoms with Crippen LogP contribution in [0.5, 0.6) is 0 Å². The fourth-order valence-corrected chi connectivity index (χ4v) is 3.88. The zero-order valence-electron chi connectivity index (χ0n) is 17.4. The van der Waals surface area contributed by atoms with Crippen molar-refractivity contribution >= 4 is 16.8 Å². The van der Waals surface area contributed by atoms with Crippen LogP contribution in [-0.4, -0.2) is 30.0 Å². The van der Waals surface area contributed by atoms with Crippen molar-refractivity contribution in [3.05, 3.63) is 90.1 Å². The van der Waals surface area contributed by atoms with E-state index in [0.717, 1.165) is 40.0 Å². The fourth-order valence-electron chi connectivity index (χ4n) is 3.88. The summed E-state index contributed by atoms with van der Waals surface area (Å²) in [5.41, 5.74) is 12.0. The third-order valence-corrected chi connectivity index (χ3v) is 5.48. The Balaban J connectivity index is 1.41. The Labute approximate surface area is 179 Å². The van der Waals surface area contributed by atoms with E-state index in [1.807, 2.05) is 37.1 Å². The van der Waals surface area contributed by atoms with Crippen molar-refractivity contribution in [2.75, 3.05) is 0 Å². The second-order valence-electron chi connectivity index (χ2n) is 7.73. The number of hydrogen-bond acceptors (Lipinski definition) is 3. The Morgan fingerprint density at radius 3 is 2.52 bits per heavy atom. The minimum absolute atomic E-state index is 0.268. The topological polar surface area (TPSA) is 83.7 Å². The minimum Gasteiger partial charge on any atom is -0.364 e. The summed E-state index contributed by atoms with van der Waals surface area (Å²) < 4.78 is 5.78. The SMILES string of the molecule is Cc1cc(C(N)=O)nn1-c1ccc2c(ccn2Cc2ccc(-c3cnn(C)c3)cc2)c1. The number of fused-ring (bicyclic) bond motifs is 1. The van der Waals surface area contributed by atoms with Crippen molar-refractivity contribution in [3.63, 3.8) is 0 Å². The lowest BCUT2D eigenvalue weighted by Crippen LogP contribution is -2.12. The third-order valence-electron chi connectivity index (χ3n) is 5.48. The molecule has 31 heavy (non-hydrogen) atoms. The van der Waals surface area contributed by atoms with E-state index in [0.29, 0.717) is 0 Å². The molecule has 0 aliphatic heterocycles. The van der Waals surface area contributed by atoms with Gasteiger partial charge in [0.05, 0.1) is 11.9 Å². The summed E-state index contributed by atoms with van der Waals surface area (Å²) in [6, 6.07) is 18.5. The monoisotopic (exact) mass is 410 g/mol. The first kappa shape index (κ1) is 18.9. The molecule has 5 rings (SSSR count). The number of carbonyl (C=O) groups excluding carboxylic acids is 1. The Kier molecular flexibility index (Phi) is 4.43. The number of rotatable bonds is 5. The highest BCUT2D eigenvalue weighted by atomic mass is 16.1. The van der Waals surface area contributed by atoms with Gasteiger partial charge in [-0.25, -0.2) is 4.68 Å². The molecule has 0 bridgehead atoms. The van der Waals surface area contributed by atoms with Crippen molar-refractivity contribution in [2.45, 2.75) is 13.5 Å². The standard InChI is InChI=1S/C24H22N6O/c1-16-11-22(24(25)31)27-30(16)21-7-8-23-19(12-21)9-10-29(23)14-17-3-5-18(6-4-17)20-13-26-28(2)15-20/h3-13,15H,14H2,1-2H3,(H2,25,31). The van der Waals surface area contributed by atoms with Gasteiger partial charge < -0.3 is 10.3 Å². The molecule has 0 spiro atoms. The average Bonchev–Trinajstić information content (AvgIpc) is 3.47. The molecule has 0 radical (unpaired) electrons. The van der Waals surface area contributed by atoms with Crippen LogP contribution < -0.4 is 5.73 Å². The minimum atomic E-state index is -0.524. The maximum atomic E-state index is 11.4.